The molecule has 4 rings (SSSR count). The van der Waals surface area contributed by atoms with Crippen LogP contribution in [0.3, 0.4) is 0 Å². The molecule has 0 atom stereocenters. The van der Waals surface area contributed by atoms with Gasteiger partial charge in [-0.25, -0.2) is 9.78 Å². The van der Waals surface area contributed by atoms with Gasteiger partial charge in [0.15, 0.2) is 0 Å². The van der Waals surface area contributed by atoms with Crippen molar-refractivity contribution in [2.75, 3.05) is 0 Å². The van der Waals surface area contributed by atoms with Gasteiger partial charge in [0, 0.05) is 11.6 Å². The first-order chi connectivity index (χ1) is 14.2. The highest BCUT2D eigenvalue weighted by Crippen LogP contribution is 2.38. The molecule has 0 aliphatic rings. The maximum atomic E-state index is 12.8. The molecule has 0 aliphatic carbocycles. The van der Waals surface area contributed by atoms with Gasteiger partial charge >= 0.3 is 12.1 Å². The molecule has 4 nitrogen and oxygen atoms in total. The van der Waals surface area contributed by atoms with Crippen molar-refractivity contribution in [1.29, 1.82) is 0 Å². The Balaban J connectivity index is 1.66. The number of carbonyl (C=O) groups is 1. The summed E-state index contributed by atoms with van der Waals surface area (Å²) in [7, 11) is 0. The van der Waals surface area contributed by atoms with Gasteiger partial charge in [-0.3, -0.25) is 0 Å². The second-order valence-electron chi connectivity index (χ2n) is 6.24. The molecule has 0 bridgehead atoms. The number of carboxylic acid groups (broad SMARTS) is 1. The summed E-state index contributed by atoms with van der Waals surface area (Å²) in [6.45, 7) is 0. The lowest BCUT2D eigenvalue weighted by molar-refractivity contribution is -0.137. The summed E-state index contributed by atoms with van der Waals surface area (Å²) in [6, 6.07) is 14.4. The van der Waals surface area contributed by atoms with Gasteiger partial charge < -0.3 is 9.84 Å². The lowest BCUT2D eigenvalue weighted by Gasteiger charge is -2.11. The first kappa shape index (κ1) is 20.2. The quantitative estimate of drug-likeness (QED) is 0.360. The van der Waals surface area contributed by atoms with Crippen molar-refractivity contribution in [1.82, 2.24) is 4.98 Å². The van der Waals surface area contributed by atoms with Crippen molar-refractivity contribution in [3.05, 3.63) is 76.8 Å². The molecule has 0 saturated heterocycles. The number of hydrogen-bond donors (Lipinski definition) is 1. The van der Waals surface area contributed by atoms with Crippen LogP contribution in [0.1, 0.15) is 15.9 Å². The van der Waals surface area contributed by atoms with E-state index in [2.05, 4.69) is 4.98 Å². The van der Waals surface area contributed by atoms with Gasteiger partial charge in [-0.05, 0) is 36.4 Å². The van der Waals surface area contributed by atoms with Crippen LogP contribution in [-0.4, -0.2) is 16.1 Å². The van der Waals surface area contributed by atoms with Crippen LogP contribution in [0.15, 0.2) is 60.7 Å². The molecule has 1 aromatic heterocycles. The topological polar surface area (TPSA) is 59.4 Å². The molecule has 0 aliphatic heterocycles. The Morgan fingerprint density at radius 2 is 1.83 bits per heavy atom. The second kappa shape index (κ2) is 7.62. The predicted molar refractivity (Wildman–Crippen MR) is 109 cm³/mol. The Morgan fingerprint density at radius 3 is 2.53 bits per heavy atom. The fraction of sp³-hybridized carbons (Fsp3) is 0.0476. The minimum atomic E-state index is -4.50. The number of halogens is 4. The van der Waals surface area contributed by atoms with Crippen LogP contribution in [0, 0.1) is 0 Å². The van der Waals surface area contributed by atoms with E-state index in [0.29, 0.717) is 21.8 Å². The zero-order valence-corrected chi connectivity index (χ0v) is 16.5. The molecule has 0 amide bonds. The van der Waals surface area contributed by atoms with Gasteiger partial charge in [-0.2, -0.15) is 13.2 Å². The number of hydrogen-bond acceptors (Lipinski definition) is 4. The molecule has 9 heteroatoms. The highest BCUT2D eigenvalue weighted by atomic mass is 35.5. The summed E-state index contributed by atoms with van der Waals surface area (Å²) in [4.78, 5) is 15.9. The van der Waals surface area contributed by atoms with Crippen molar-refractivity contribution >= 4 is 39.1 Å². The smallest absolute Gasteiger partial charge is 0.416 e. The van der Waals surface area contributed by atoms with Gasteiger partial charge in [0.25, 0.3) is 0 Å². The Kier molecular flexibility index (Phi) is 5.13. The van der Waals surface area contributed by atoms with E-state index in [4.69, 9.17) is 16.3 Å². The number of carboxylic acids is 1. The van der Waals surface area contributed by atoms with Gasteiger partial charge in [-0.1, -0.05) is 29.8 Å². The predicted octanol–water partition coefficient (Wildman–Crippen LogP) is 7.13. The van der Waals surface area contributed by atoms with Crippen LogP contribution in [-0.2, 0) is 6.18 Å². The second-order valence-corrected chi connectivity index (χ2v) is 7.68. The van der Waals surface area contributed by atoms with E-state index >= 15 is 0 Å². The molecule has 0 spiro atoms. The van der Waals surface area contributed by atoms with Crippen LogP contribution in [0.2, 0.25) is 5.02 Å². The van der Waals surface area contributed by atoms with Crippen molar-refractivity contribution in [3.8, 4) is 22.1 Å². The minimum Gasteiger partial charge on any atom is -0.478 e. The van der Waals surface area contributed by atoms with Crippen LogP contribution < -0.4 is 4.74 Å². The van der Waals surface area contributed by atoms with Crippen molar-refractivity contribution in [2.45, 2.75) is 6.18 Å². The number of rotatable bonds is 4. The van der Waals surface area contributed by atoms with Gasteiger partial charge in [-0.15, -0.1) is 11.3 Å². The Hall–Kier alpha value is -3.10. The van der Waals surface area contributed by atoms with E-state index < -0.39 is 17.7 Å². The number of fused-ring (bicyclic) bond motifs is 1. The number of ether oxygens (including phenoxy) is 1. The number of nitrogens with zero attached hydrogens (tertiary/aromatic N) is 1. The molecule has 4 aromatic rings. The maximum absolute atomic E-state index is 12.8. The molecule has 0 unspecified atom stereocenters. The summed E-state index contributed by atoms with van der Waals surface area (Å²) in [5.74, 6) is -0.631. The van der Waals surface area contributed by atoms with Crippen molar-refractivity contribution in [2.24, 2.45) is 0 Å². The van der Waals surface area contributed by atoms with Gasteiger partial charge in [0.05, 0.1) is 26.4 Å². The lowest BCUT2D eigenvalue weighted by atomic mass is 10.1. The minimum absolute atomic E-state index is 0.0793. The maximum Gasteiger partial charge on any atom is 0.416 e. The molecular formula is C21H11ClF3NO3S. The Labute approximate surface area is 177 Å². The zero-order valence-electron chi connectivity index (χ0n) is 14.9. The van der Waals surface area contributed by atoms with Crippen molar-refractivity contribution < 1.29 is 27.8 Å². The first-order valence-electron chi connectivity index (χ1n) is 8.50. The third-order valence-corrected chi connectivity index (χ3v) is 5.60. The normalized spacial score (nSPS) is 11.6. The van der Waals surface area contributed by atoms with Crippen LogP contribution in [0.5, 0.6) is 11.5 Å². The van der Waals surface area contributed by atoms with Crippen LogP contribution in [0.25, 0.3) is 20.8 Å². The number of aromatic carboxylic acids is 1. The number of benzene rings is 3. The summed E-state index contributed by atoms with van der Waals surface area (Å²) >= 11 is 7.26. The number of thiazole rings is 1. The highest BCUT2D eigenvalue weighted by molar-refractivity contribution is 7.21. The van der Waals surface area contributed by atoms with E-state index in [-0.39, 0.29) is 16.3 Å². The van der Waals surface area contributed by atoms with Crippen molar-refractivity contribution in [3.63, 3.8) is 0 Å². The molecule has 30 heavy (non-hydrogen) atoms. The van der Waals surface area contributed by atoms with Gasteiger partial charge in [0.2, 0.25) is 0 Å². The SMILES string of the molecule is O=C(O)c1ccccc1-c1nc2cc(Oc3ccc(C(F)(F)F)cc3Cl)ccc2s1. The van der Waals surface area contributed by atoms with E-state index in [1.54, 1.807) is 36.4 Å². The standard InChI is InChI=1S/C21H11ClF3NO3S/c22-15-9-11(21(23,24)25)5-7-17(15)29-12-6-8-18-16(10-12)26-19(30-18)13-3-1-2-4-14(13)20(27)28/h1-10H,(H,27,28). The van der Waals surface area contributed by atoms with Gasteiger partial charge in [0.1, 0.15) is 16.5 Å². The summed E-state index contributed by atoms with van der Waals surface area (Å²) in [5, 5.41) is 9.75. The highest BCUT2D eigenvalue weighted by Gasteiger charge is 2.31. The lowest BCUT2D eigenvalue weighted by Crippen LogP contribution is -2.04. The fourth-order valence-corrected chi connectivity index (χ4v) is 4.03. The Morgan fingerprint density at radius 1 is 1.07 bits per heavy atom. The van der Waals surface area contributed by atoms with Crippen LogP contribution in [0.4, 0.5) is 13.2 Å². The molecule has 0 saturated carbocycles. The van der Waals surface area contributed by atoms with E-state index in [0.717, 1.165) is 22.9 Å². The average molecular weight is 450 g/mol. The van der Waals surface area contributed by atoms with E-state index in [9.17, 15) is 23.1 Å². The summed E-state index contributed by atoms with van der Waals surface area (Å²) < 4.78 is 44.8. The molecular weight excluding hydrogens is 439 g/mol. The van der Waals surface area contributed by atoms with Crippen LogP contribution >= 0.6 is 22.9 Å². The first-order valence-corrected chi connectivity index (χ1v) is 9.70. The van der Waals surface area contributed by atoms with E-state index in [1.807, 2.05) is 0 Å². The number of alkyl halides is 3. The molecule has 0 fully saturated rings. The molecule has 1 heterocycles. The monoisotopic (exact) mass is 449 g/mol. The molecule has 1 N–H and O–H groups in total. The zero-order chi connectivity index (χ0) is 21.5. The fourth-order valence-electron chi connectivity index (χ4n) is 2.83. The third kappa shape index (κ3) is 3.96. The Bertz CT molecular complexity index is 1270. The molecule has 152 valence electrons. The summed E-state index contributed by atoms with van der Waals surface area (Å²) in [6.07, 6.45) is -4.50. The molecule has 3 aromatic carbocycles. The largest absolute Gasteiger partial charge is 0.478 e. The molecule has 0 radical (unpaired) electrons. The summed E-state index contributed by atoms with van der Waals surface area (Å²) in [5.41, 5.74) is 0.344. The third-order valence-electron chi connectivity index (χ3n) is 4.23. The van der Waals surface area contributed by atoms with E-state index in [1.165, 1.54) is 17.4 Å². The number of aromatic nitrogens is 1. The average Bonchev–Trinajstić information content (AvgIpc) is 3.12.